The average molecular weight is 275 g/mol. The van der Waals surface area contributed by atoms with Crippen LogP contribution in [-0.2, 0) is 9.53 Å². The molecule has 0 amide bonds. The second kappa shape index (κ2) is 13.8. The van der Waals surface area contributed by atoms with Gasteiger partial charge in [-0.2, -0.15) is 0 Å². The lowest BCUT2D eigenvalue weighted by atomic mass is 9.91. The Hall–Kier alpha value is -0.610. The molecule has 0 saturated carbocycles. The monoisotopic (exact) mass is 275 g/mol. The lowest BCUT2D eigenvalue weighted by Gasteiger charge is -2.18. The Morgan fingerprint density at radius 3 is 2.11 bits per heavy atom. The molecule has 0 bridgehead atoms. The minimum absolute atomic E-state index is 0.677. The van der Waals surface area contributed by atoms with Gasteiger partial charge in [0.1, 0.15) is 0 Å². The highest BCUT2D eigenvalue weighted by Crippen LogP contribution is 2.19. The van der Waals surface area contributed by atoms with Gasteiger partial charge in [0, 0.05) is 20.1 Å². The van der Waals surface area contributed by atoms with E-state index < -0.39 is 5.97 Å². The van der Waals surface area contributed by atoms with Gasteiger partial charge < -0.3 is 15.6 Å². The van der Waals surface area contributed by atoms with Gasteiger partial charge in [-0.1, -0.05) is 27.7 Å². The zero-order valence-electron chi connectivity index (χ0n) is 13.3. The summed E-state index contributed by atoms with van der Waals surface area (Å²) in [6.07, 6.45) is 3.59. The second-order valence-corrected chi connectivity index (χ2v) is 5.81. The van der Waals surface area contributed by atoms with Crippen molar-refractivity contribution in [2.75, 3.05) is 19.8 Å². The van der Waals surface area contributed by atoms with Gasteiger partial charge in [0.25, 0.3) is 5.97 Å². The highest BCUT2D eigenvalue weighted by atomic mass is 16.5. The topological polar surface area (TPSA) is 72.5 Å². The quantitative estimate of drug-likeness (QED) is 0.634. The van der Waals surface area contributed by atoms with E-state index >= 15 is 0 Å². The van der Waals surface area contributed by atoms with Crippen LogP contribution in [0.2, 0.25) is 0 Å². The van der Waals surface area contributed by atoms with Gasteiger partial charge in [-0.3, -0.25) is 4.79 Å². The van der Waals surface area contributed by atoms with E-state index in [1.165, 1.54) is 12.8 Å². The molecule has 0 aromatic carbocycles. The van der Waals surface area contributed by atoms with E-state index in [4.69, 9.17) is 20.4 Å². The standard InChI is InChI=1S/C13H29NO.C2H4O2/c1-11(2)8-12(3)9-13(4)10-15-7-5-6-14;1-2(3)4/h11-13H,5-10,14H2,1-4H3;1H3,(H,3,4). The summed E-state index contributed by atoms with van der Waals surface area (Å²) >= 11 is 0. The third kappa shape index (κ3) is 23.0. The van der Waals surface area contributed by atoms with Crippen molar-refractivity contribution in [1.82, 2.24) is 0 Å². The molecule has 0 aromatic heterocycles. The Labute approximate surface area is 118 Å². The average Bonchev–Trinajstić information content (AvgIpc) is 2.22. The molecule has 4 nitrogen and oxygen atoms in total. The number of ether oxygens (including phenoxy) is 1. The third-order valence-electron chi connectivity index (χ3n) is 2.57. The molecule has 0 spiro atoms. The van der Waals surface area contributed by atoms with Crippen LogP contribution < -0.4 is 5.73 Å². The zero-order valence-corrected chi connectivity index (χ0v) is 13.3. The minimum atomic E-state index is -0.833. The van der Waals surface area contributed by atoms with Crippen LogP contribution in [0.4, 0.5) is 0 Å². The molecule has 0 aliphatic heterocycles. The third-order valence-corrected chi connectivity index (χ3v) is 2.57. The number of carboxylic acids is 1. The van der Waals surface area contributed by atoms with Gasteiger partial charge in [0.05, 0.1) is 0 Å². The first kappa shape index (κ1) is 20.7. The lowest BCUT2D eigenvalue weighted by Crippen LogP contribution is -2.13. The summed E-state index contributed by atoms with van der Waals surface area (Å²) < 4.78 is 5.56. The van der Waals surface area contributed by atoms with Crippen LogP contribution in [-0.4, -0.2) is 30.8 Å². The van der Waals surface area contributed by atoms with Gasteiger partial charge in [0.2, 0.25) is 0 Å². The molecule has 0 aliphatic carbocycles. The van der Waals surface area contributed by atoms with Gasteiger partial charge >= 0.3 is 0 Å². The van der Waals surface area contributed by atoms with Gasteiger partial charge in [-0.25, -0.2) is 0 Å². The first-order chi connectivity index (χ1) is 8.79. The molecule has 2 atom stereocenters. The summed E-state index contributed by atoms with van der Waals surface area (Å²) in [5, 5.41) is 7.42. The Bertz CT molecular complexity index is 204. The zero-order chi connectivity index (χ0) is 15.3. The number of carboxylic acid groups (broad SMARTS) is 1. The van der Waals surface area contributed by atoms with Crippen molar-refractivity contribution in [3.63, 3.8) is 0 Å². The van der Waals surface area contributed by atoms with E-state index in [0.717, 1.165) is 44.9 Å². The second-order valence-electron chi connectivity index (χ2n) is 5.81. The Morgan fingerprint density at radius 2 is 1.68 bits per heavy atom. The fourth-order valence-electron chi connectivity index (χ4n) is 2.13. The largest absolute Gasteiger partial charge is 0.481 e. The Morgan fingerprint density at radius 1 is 1.16 bits per heavy atom. The van der Waals surface area contributed by atoms with Crippen molar-refractivity contribution in [3.8, 4) is 0 Å². The molecule has 0 aromatic rings. The molecule has 2 unspecified atom stereocenters. The lowest BCUT2D eigenvalue weighted by molar-refractivity contribution is -0.134. The first-order valence-electron chi connectivity index (χ1n) is 7.26. The summed E-state index contributed by atoms with van der Waals surface area (Å²) in [5.74, 6) is 1.47. The number of nitrogens with two attached hydrogens (primary N) is 1. The summed E-state index contributed by atoms with van der Waals surface area (Å²) in [5.41, 5.74) is 5.40. The SMILES string of the molecule is CC(=O)O.CC(C)CC(C)CC(C)COCCCN. The van der Waals surface area contributed by atoms with Crippen molar-refractivity contribution in [1.29, 1.82) is 0 Å². The van der Waals surface area contributed by atoms with Crippen LogP contribution in [0.15, 0.2) is 0 Å². The predicted molar refractivity (Wildman–Crippen MR) is 80.2 cm³/mol. The number of aliphatic carboxylic acids is 1. The van der Waals surface area contributed by atoms with Crippen LogP contribution in [0, 0.1) is 17.8 Å². The maximum Gasteiger partial charge on any atom is 0.300 e. The molecule has 0 aliphatic rings. The van der Waals surface area contributed by atoms with Crippen LogP contribution in [0.5, 0.6) is 0 Å². The first-order valence-corrected chi connectivity index (χ1v) is 7.26. The molecule has 0 heterocycles. The number of rotatable bonds is 9. The van der Waals surface area contributed by atoms with E-state index in [2.05, 4.69) is 27.7 Å². The van der Waals surface area contributed by atoms with E-state index in [1.54, 1.807) is 0 Å². The molecule has 116 valence electrons. The van der Waals surface area contributed by atoms with E-state index in [1.807, 2.05) is 0 Å². The maximum absolute atomic E-state index is 9.00. The molecule has 0 saturated heterocycles. The summed E-state index contributed by atoms with van der Waals surface area (Å²) in [6, 6.07) is 0. The van der Waals surface area contributed by atoms with E-state index in [0.29, 0.717) is 5.92 Å². The fraction of sp³-hybridized carbons (Fsp3) is 0.933. The molecular formula is C15H33NO3. The Kier molecular flexibility index (Phi) is 15.1. The molecule has 19 heavy (non-hydrogen) atoms. The van der Waals surface area contributed by atoms with E-state index in [9.17, 15) is 0 Å². The molecule has 3 N–H and O–H groups in total. The highest BCUT2D eigenvalue weighted by Gasteiger charge is 2.10. The van der Waals surface area contributed by atoms with Crippen LogP contribution in [0.25, 0.3) is 0 Å². The van der Waals surface area contributed by atoms with Crippen molar-refractivity contribution in [2.45, 2.75) is 53.9 Å². The van der Waals surface area contributed by atoms with Crippen molar-refractivity contribution in [3.05, 3.63) is 0 Å². The van der Waals surface area contributed by atoms with E-state index in [-0.39, 0.29) is 0 Å². The fourth-order valence-corrected chi connectivity index (χ4v) is 2.13. The maximum atomic E-state index is 9.00. The summed E-state index contributed by atoms with van der Waals surface area (Å²) in [4.78, 5) is 9.00. The molecule has 0 rings (SSSR count). The van der Waals surface area contributed by atoms with Crippen LogP contribution >= 0.6 is 0 Å². The minimum Gasteiger partial charge on any atom is -0.481 e. The summed E-state index contributed by atoms with van der Waals surface area (Å²) in [7, 11) is 0. The normalized spacial score (nSPS) is 13.6. The van der Waals surface area contributed by atoms with Gasteiger partial charge in [0.15, 0.2) is 0 Å². The Balaban J connectivity index is 0. The number of carbonyl (C=O) groups is 1. The molecule has 4 heteroatoms. The molecule has 0 fully saturated rings. The highest BCUT2D eigenvalue weighted by molar-refractivity contribution is 5.62. The van der Waals surface area contributed by atoms with Crippen molar-refractivity contribution in [2.24, 2.45) is 23.5 Å². The smallest absolute Gasteiger partial charge is 0.300 e. The summed E-state index contributed by atoms with van der Waals surface area (Å²) in [6.45, 7) is 12.7. The molecular weight excluding hydrogens is 242 g/mol. The van der Waals surface area contributed by atoms with Crippen molar-refractivity contribution >= 4 is 5.97 Å². The van der Waals surface area contributed by atoms with Crippen molar-refractivity contribution < 1.29 is 14.6 Å². The predicted octanol–water partition coefficient (Wildman–Crippen LogP) is 3.15. The number of hydrogen-bond acceptors (Lipinski definition) is 3. The number of hydrogen-bond donors (Lipinski definition) is 2. The molecule has 0 radical (unpaired) electrons. The van der Waals surface area contributed by atoms with Gasteiger partial charge in [-0.05, 0) is 43.6 Å². The van der Waals surface area contributed by atoms with Gasteiger partial charge in [-0.15, -0.1) is 0 Å². The van der Waals surface area contributed by atoms with Crippen LogP contribution in [0.3, 0.4) is 0 Å². The van der Waals surface area contributed by atoms with Crippen LogP contribution in [0.1, 0.15) is 53.9 Å².